The minimum atomic E-state index is -0.168. The predicted octanol–water partition coefficient (Wildman–Crippen LogP) is 4.58. The zero-order valence-electron chi connectivity index (χ0n) is 11.2. The van der Waals surface area contributed by atoms with Crippen molar-refractivity contribution in [2.75, 3.05) is 0 Å². The molecule has 0 atom stereocenters. The number of hydrogen-bond acceptors (Lipinski definition) is 5. The van der Waals surface area contributed by atoms with Gasteiger partial charge in [0.1, 0.15) is 16.7 Å². The largest absolute Gasteiger partial charge is 0.488 e. The minimum Gasteiger partial charge on any atom is -0.488 e. The van der Waals surface area contributed by atoms with Crippen molar-refractivity contribution in [2.24, 2.45) is 0 Å². The Labute approximate surface area is 149 Å². The van der Waals surface area contributed by atoms with Gasteiger partial charge in [0.2, 0.25) is 0 Å². The summed E-state index contributed by atoms with van der Waals surface area (Å²) in [6.07, 6.45) is 1.80. The molecule has 22 heavy (non-hydrogen) atoms. The fourth-order valence-corrected chi connectivity index (χ4v) is 3.93. The van der Waals surface area contributed by atoms with Crippen LogP contribution in [0.3, 0.4) is 0 Å². The molecule has 2 heterocycles. The molecule has 0 unspecified atom stereocenters. The number of thioether (sulfide) groups is 1. The van der Waals surface area contributed by atoms with Gasteiger partial charge in [-0.15, -0.1) is 0 Å². The summed E-state index contributed by atoms with van der Waals surface area (Å²) in [7, 11) is 0. The van der Waals surface area contributed by atoms with Gasteiger partial charge in [0.25, 0.3) is 5.91 Å². The molecule has 0 spiro atoms. The summed E-state index contributed by atoms with van der Waals surface area (Å²) in [5.74, 6) is 0.562. The lowest BCUT2D eigenvalue weighted by Crippen LogP contribution is -2.17. The summed E-state index contributed by atoms with van der Waals surface area (Å²) in [6, 6.07) is 7.75. The molecular formula is C15H10BrNO2S3. The number of thiophene rings is 1. The Morgan fingerprint density at radius 3 is 2.91 bits per heavy atom. The Balaban J connectivity index is 1.86. The molecule has 1 N–H and O–H groups in total. The van der Waals surface area contributed by atoms with E-state index in [1.807, 2.05) is 29.6 Å². The van der Waals surface area contributed by atoms with Crippen molar-refractivity contribution in [3.8, 4) is 5.75 Å². The summed E-state index contributed by atoms with van der Waals surface area (Å²) >= 11 is 11.3. The molecule has 3 nitrogen and oxygen atoms in total. The summed E-state index contributed by atoms with van der Waals surface area (Å²) in [6.45, 7) is 0.499. The van der Waals surface area contributed by atoms with Crippen LogP contribution in [-0.4, -0.2) is 10.2 Å². The third-order valence-corrected chi connectivity index (χ3v) is 5.26. The number of amides is 1. The summed E-state index contributed by atoms with van der Waals surface area (Å²) in [5, 5.41) is 6.68. The number of benzene rings is 1. The molecule has 1 aliphatic heterocycles. The Morgan fingerprint density at radius 1 is 1.36 bits per heavy atom. The van der Waals surface area contributed by atoms with Gasteiger partial charge in [-0.25, -0.2) is 0 Å². The molecule has 7 heteroatoms. The van der Waals surface area contributed by atoms with Crippen molar-refractivity contribution in [3.63, 3.8) is 0 Å². The second-order valence-corrected chi connectivity index (χ2v) is 7.87. The van der Waals surface area contributed by atoms with E-state index in [9.17, 15) is 4.79 Å². The molecule has 0 saturated carbocycles. The first-order valence-corrected chi connectivity index (χ1v) is 9.26. The second-order valence-electron chi connectivity index (χ2n) is 4.45. The third-order valence-electron chi connectivity index (χ3n) is 2.87. The van der Waals surface area contributed by atoms with Gasteiger partial charge in [0.05, 0.1) is 4.91 Å². The lowest BCUT2D eigenvalue weighted by atomic mass is 10.2. The highest BCUT2D eigenvalue weighted by Crippen LogP contribution is 2.31. The first-order valence-electron chi connectivity index (χ1n) is 6.30. The van der Waals surface area contributed by atoms with Crippen LogP contribution >= 0.6 is 51.2 Å². The lowest BCUT2D eigenvalue weighted by molar-refractivity contribution is -0.115. The van der Waals surface area contributed by atoms with Gasteiger partial charge in [-0.05, 0) is 46.7 Å². The molecule has 1 aliphatic rings. The van der Waals surface area contributed by atoms with Crippen LogP contribution in [0.2, 0.25) is 0 Å². The molecule has 112 valence electrons. The highest BCUT2D eigenvalue weighted by atomic mass is 79.9. The Kier molecular flexibility index (Phi) is 4.97. The lowest BCUT2D eigenvalue weighted by Gasteiger charge is -2.09. The number of nitrogens with one attached hydrogen (secondary N) is 1. The molecule has 1 amide bonds. The molecule has 2 aromatic rings. The monoisotopic (exact) mass is 411 g/mol. The first-order chi connectivity index (χ1) is 10.6. The van der Waals surface area contributed by atoms with Crippen LogP contribution in [0.15, 0.2) is 44.4 Å². The van der Waals surface area contributed by atoms with E-state index in [1.165, 1.54) is 11.8 Å². The van der Waals surface area contributed by atoms with Crippen LogP contribution in [0.4, 0.5) is 0 Å². The molecule has 3 rings (SSSR count). The van der Waals surface area contributed by atoms with Gasteiger partial charge in [0, 0.05) is 10.0 Å². The van der Waals surface area contributed by atoms with E-state index in [4.69, 9.17) is 17.0 Å². The van der Waals surface area contributed by atoms with Crippen LogP contribution in [0, 0.1) is 0 Å². The SMILES string of the molecule is O=C1NC(=S)S/C1=C\c1cc(Br)ccc1OCc1ccsc1. The van der Waals surface area contributed by atoms with Gasteiger partial charge >= 0.3 is 0 Å². The van der Waals surface area contributed by atoms with E-state index in [1.54, 1.807) is 17.4 Å². The van der Waals surface area contributed by atoms with E-state index in [0.717, 1.165) is 21.3 Å². The average Bonchev–Trinajstić information content (AvgIpc) is 3.08. The molecule has 1 saturated heterocycles. The smallest absolute Gasteiger partial charge is 0.263 e. The number of carbonyl (C=O) groups is 1. The molecule has 1 fully saturated rings. The zero-order valence-corrected chi connectivity index (χ0v) is 15.2. The Hall–Kier alpha value is -1.15. The number of hydrogen-bond donors (Lipinski definition) is 1. The van der Waals surface area contributed by atoms with Crippen molar-refractivity contribution >= 4 is 67.6 Å². The number of carbonyl (C=O) groups excluding carboxylic acids is 1. The number of thiocarbonyl (C=S) groups is 1. The number of rotatable bonds is 4. The summed E-state index contributed by atoms with van der Waals surface area (Å²) in [5.41, 5.74) is 1.97. The van der Waals surface area contributed by atoms with E-state index in [-0.39, 0.29) is 5.91 Å². The average molecular weight is 412 g/mol. The van der Waals surface area contributed by atoms with Crippen LogP contribution in [0.25, 0.3) is 6.08 Å². The molecule has 0 bridgehead atoms. The van der Waals surface area contributed by atoms with Crippen molar-refractivity contribution in [2.45, 2.75) is 6.61 Å². The summed E-state index contributed by atoms with van der Waals surface area (Å²) in [4.78, 5) is 12.4. The zero-order chi connectivity index (χ0) is 15.5. The topological polar surface area (TPSA) is 38.3 Å². The minimum absolute atomic E-state index is 0.168. The third kappa shape index (κ3) is 3.78. The van der Waals surface area contributed by atoms with Crippen LogP contribution in [0.1, 0.15) is 11.1 Å². The fraction of sp³-hybridized carbons (Fsp3) is 0.0667. The maximum Gasteiger partial charge on any atom is 0.263 e. The normalized spacial score (nSPS) is 16.1. The fourth-order valence-electron chi connectivity index (χ4n) is 1.86. The van der Waals surface area contributed by atoms with Crippen molar-refractivity contribution < 1.29 is 9.53 Å². The van der Waals surface area contributed by atoms with Gasteiger partial charge in [-0.2, -0.15) is 11.3 Å². The number of ether oxygens (including phenoxy) is 1. The highest BCUT2D eigenvalue weighted by Gasteiger charge is 2.22. The number of halogens is 1. The standard InChI is InChI=1S/C15H10BrNO2S3/c16-11-1-2-12(19-7-9-3-4-21-8-9)10(5-11)6-13-14(18)17-15(20)22-13/h1-6,8H,7H2,(H,17,18,20)/b13-6-. The molecule has 1 aromatic carbocycles. The van der Waals surface area contributed by atoms with Crippen LogP contribution in [0.5, 0.6) is 5.75 Å². The van der Waals surface area contributed by atoms with Gasteiger partial charge in [-0.1, -0.05) is 39.9 Å². The summed E-state index contributed by atoms with van der Waals surface area (Å²) < 4.78 is 7.28. The van der Waals surface area contributed by atoms with Crippen molar-refractivity contribution in [3.05, 3.63) is 55.5 Å². The van der Waals surface area contributed by atoms with Gasteiger partial charge < -0.3 is 10.1 Å². The molecule has 0 aliphatic carbocycles. The highest BCUT2D eigenvalue weighted by molar-refractivity contribution is 9.10. The Morgan fingerprint density at radius 2 is 2.23 bits per heavy atom. The second kappa shape index (κ2) is 6.95. The van der Waals surface area contributed by atoms with Crippen LogP contribution < -0.4 is 10.1 Å². The van der Waals surface area contributed by atoms with Crippen LogP contribution in [-0.2, 0) is 11.4 Å². The maximum absolute atomic E-state index is 11.8. The van der Waals surface area contributed by atoms with Gasteiger partial charge in [0.15, 0.2) is 0 Å². The van der Waals surface area contributed by atoms with E-state index in [0.29, 0.717) is 15.8 Å². The first kappa shape index (κ1) is 15.7. The molecular weight excluding hydrogens is 402 g/mol. The molecule has 0 radical (unpaired) electrons. The maximum atomic E-state index is 11.8. The van der Waals surface area contributed by atoms with E-state index < -0.39 is 0 Å². The van der Waals surface area contributed by atoms with E-state index >= 15 is 0 Å². The predicted molar refractivity (Wildman–Crippen MR) is 99.1 cm³/mol. The van der Waals surface area contributed by atoms with Gasteiger partial charge in [-0.3, -0.25) is 4.79 Å². The quantitative estimate of drug-likeness (QED) is 0.590. The van der Waals surface area contributed by atoms with Crippen molar-refractivity contribution in [1.82, 2.24) is 5.32 Å². The van der Waals surface area contributed by atoms with Crippen molar-refractivity contribution in [1.29, 1.82) is 0 Å². The molecule has 1 aromatic heterocycles. The van der Waals surface area contributed by atoms with E-state index in [2.05, 4.69) is 26.6 Å². The Bertz CT molecular complexity index is 756.